The fourth-order valence-corrected chi connectivity index (χ4v) is 2.93. The van der Waals surface area contributed by atoms with E-state index in [1.165, 1.54) is 29.3 Å². The van der Waals surface area contributed by atoms with Gasteiger partial charge in [-0.15, -0.1) is 10.2 Å². The summed E-state index contributed by atoms with van der Waals surface area (Å²) in [6.07, 6.45) is 8.01. The van der Waals surface area contributed by atoms with Gasteiger partial charge in [0.25, 0.3) is 0 Å². The third kappa shape index (κ3) is 2.91. The monoisotopic (exact) mass is 264 g/mol. The first-order chi connectivity index (χ1) is 8.90. The van der Waals surface area contributed by atoms with Crippen LogP contribution in [-0.4, -0.2) is 42.6 Å². The van der Waals surface area contributed by atoms with E-state index in [2.05, 4.69) is 24.8 Å². The second-order valence-electron chi connectivity index (χ2n) is 4.73. The number of hydrogen-bond donors (Lipinski definition) is 0. The lowest BCUT2D eigenvalue weighted by Gasteiger charge is -2.31. The molecule has 0 amide bonds. The van der Waals surface area contributed by atoms with Crippen molar-refractivity contribution in [3.63, 3.8) is 0 Å². The quantitative estimate of drug-likeness (QED) is 0.826. The maximum atomic E-state index is 4.03. The van der Waals surface area contributed by atoms with E-state index >= 15 is 0 Å². The number of nitrogens with zero attached hydrogens (tertiary/aromatic N) is 6. The molecule has 0 atom stereocenters. The lowest BCUT2D eigenvalue weighted by atomic mass is 9.97. The molecule has 0 N–H and O–H groups in total. The van der Waals surface area contributed by atoms with Crippen LogP contribution in [-0.2, 0) is 13.1 Å². The molecule has 0 aliphatic carbocycles. The van der Waals surface area contributed by atoms with E-state index in [9.17, 15) is 0 Å². The van der Waals surface area contributed by atoms with Crippen molar-refractivity contribution >= 4 is 11.5 Å². The highest BCUT2D eigenvalue weighted by molar-refractivity contribution is 7.05. The first-order valence-electron chi connectivity index (χ1n) is 6.23. The van der Waals surface area contributed by atoms with E-state index in [0.29, 0.717) is 0 Å². The van der Waals surface area contributed by atoms with Gasteiger partial charge in [-0.1, -0.05) is 9.70 Å². The Bertz CT molecular complexity index is 402. The van der Waals surface area contributed by atoms with E-state index in [1.807, 2.05) is 17.1 Å². The van der Waals surface area contributed by atoms with Crippen LogP contribution in [0, 0.1) is 5.92 Å². The summed E-state index contributed by atoms with van der Waals surface area (Å²) in [6, 6.07) is 0. The summed E-state index contributed by atoms with van der Waals surface area (Å²) in [4.78, 5) is 3.73. The first-order valence-corrected chi connectivity index (χ1v) is 7.00. The molecular weight excluding hydrogens is 248 g/mol. The third-order valence-electron chi connectivity index (χ3n) is 3.41. The van der Waals surface area contributed by atoms with Crippen LogP contribution in [0.2, 0.25) is 0 Å². The number of hydrogen-bond acceptors (Lipinski definition) is 6. The molecule has 18 heavy (non-hydrogen) atoms. The van der Waals surface area contributed by atoms with Crippen LogP contribution in [0.1, 0.15) is 17.7 Å². The predicted molar refractivity (Wildman–Crippen MR) is 67.9 cm³/mol. The Labute approximate surface area is 110 Å². The molecule has 1 fully saturated rings. The molecule has 3 rings (SSSR count). The molecule has 0 bridgehead atoms. The molecule has 0 unspecified atom stereocenters. The Morgan fingerprint density at radius 1 is 1.28 bits per heavy atom. The van der Waals surface area contributed by atoms with Gasteiger partial charge in [-0.2, -0.15) is 0 Å². The number of rotatable bonds is 4. The number of piperidine rings is 1. The van der Waals surface area contributed by atoms with Gasteiger partial charge in [0.05, 0.1) is 17.3 Å². The van der Waals surface area contributed by atoms with Crippen LogP contribution in [0.15, 0.2) is 18.6 Å². The molecule has 2 aromatic rings. The highest BCUT2D eigenvalue weighted by atomic mass is 32.1. The van der Waals surface area contributed by atoms with Crippen molar-refractivity contribution in [2.45, 2.75) is 25.9 Å². The smallest absolute Gasteiger partial charge is 0.0692 e. The van der Waals surface area contributed by atoms with Gasteiger partial charge < -0.3 is 0 Å². The summed E-state index contributed by atoms with van der Waals surface area (Å²) in [5.74, 6) is 0.725. The second-order valence-corrected chi connectivity index (χ2v) is 5.60. The van der Waals surface area contributed by atoms with Crippen molar-refractivity contribution in [3.05, 3.63) is 23.5 Å². The second kappa shape index (κ2) is 5.53. The molecule has 1 aliphatic heterocycles. The van der Waals surface area contributed by atoms with Gasteiger partial charge in [0.2, 0.25) is 0 Å². The largest absolute Gasteiger partial charge is 0.298 e. The molecule has 1 aliphatic rings. The normalized spacial score (nSPS) is 18.2. The Morgan fingerprint density at radius 3 is 2.83 bits per heavy atom. The molecule has 96 valence electrons. The average Bonchev–Trinajstić information content (AvgIpc) is 3.05. The predicted octanol–water partition coefficient (Wildman–Crippen LogP) is 1.04. The van der Waals surface area contributed by atoms with E-state index in [1.54, 1.807) is 6.20 Å². The first kappa shape index (κ1) is 11.7. The molecule has 6 nitrogen and oxygen atoms in total. The molecule has 2 aromatic heterocycles. The topological polar surface area (TPSA) is 59.7 Å². The van der Waals surface area contributed by atoms with E-state index in [-0.39, 0.29) is 0 Å². The molecule has 7 heteroatoms. The Kier molecular flexibility index (Phi) is 3.61. The van der Waals surface area contributed by atoms with E-state index < -0.39 is 0 Å². The van der Waals surface area contributed by atoms with Crippen molar-refractivity contribution < 1.29 is 0 Å². The van der Waals surface area contributed by atoms with Gasteiger partial charge in [0.1, 0.15) is 0 Å². The highest BCUT2D eigenvalue weighted by Gasteiger charge is 2.20. The molecule has 0 radical (unpaired) electrons. The number of likely N-dealkylation sites (tertiary alicyclic amines) is 1. The van der Waals surface area contributed by atoms with Gasteiger partial charge in [-0.3, -0.25) is 9.58 Å². The molecule has 0 aromatic carbocycles. The highest BCUT2D eigenvalue weighted by Crippen LogP contribution is 2.20. The van der Waals surface area contributed by atoms with Crippen molar-refractivity contribution in [2.24, 2.45) is 5.92 Å². The fourth-order valence-electron chi connectivity index (χ4n) is 2.40. The summed E-state index contributed by atoms with van der Waals surface area (Å²) in [5, 5.41) is 11.7. The Morgan fingerprint density at radius 2 is 2.17 bits per heavy atom. The van der Waals surface area contributed by atoms with Crippen LogP contribution in [0.4, 0.5) is 0 Å². The summed E-state index contributed by atoms with van der Waals surface area (Å²) < 4.78 is 5.84. The number of aromatic nitrogens is 5. The summed E-state index contributed by atoms with van der Waals surface area (Å²) in [7, 11) is 0. The Balaban J connectivity index is 1.46. The standard InChI is InChI=1S/C11H16N6S/c1-4-16(9-11-7-13-15-18-11)5-2-10(1)8-17-6-3-12-14-17/h3,6-7,10H,1-2,4-5,8-9H2. The van der Waals surface area contributed by atoms with Crippen molar-refractivity contribution in [2.75, 3.05) is 13.1 Å². The lowest BCUT2D eigenvalue weighted by molar-refractivity contribution is 0.165. The zero-order valence-corrected chi connectivity index (χ0v) is 11.0. The van der Waals surface area contributed by atoms with Crippen molar-refractivity contribution in [3.8, 4) is 0 Å². The minimum absolute atomic E-state index is 0.725. The maximum absolute atomic E-state index is 4.03. The van der Waals surface area contributed by atoms with Crippen molar-refractivity contribution in [1.29, 1.82) is 0 Å². The van der Waals surface area contributed by atoms with Gasteiger partial charge in [0.15, 0.2) is 0 Å². The molecule has 0 saturated carbocycles. The van der Waals surface area contributed by atoms with Gasteiger partial charge >= 0.3 is 0 Å². The van der Waals surface area contributed by atoms with Crippen LogP contribution >= 0.6 is 11.5 Å². The molecule has 3 heterocycles. The SMILES string of the molecule is c1cn(CC2CCN(Cc3cnns3)CC2)nn1. The van der Waals surface area contributed by atoms with Gasteiger partial charge in [-0.25, -0.2) is 0 Å². The van der Waals surface area contributed by atoms with Crippen molar-refractivity contribution in [1.82, 2.24) is 29.5 Å². The Hall–Kier alpha value is -1.34. The molecule has 0 spiro atoms. The molecular formula is C11H16N6S. The van der Waals surface area contributed by atoms with Crippen LogP contribution < -0.4 is 0 Å². The average molecular weight is 264 g/mol. The summed E-state index contributed by atoms with van der Waals surface area (Å²) in [6.45, 7) is 4.29. The van der Waals surface area contributed by atoms with Crippen LogP contribution in [0.3, 0.4) is 0 Å². The van der Waals surface area contributed by atoms with Crippen LogP contribution in [0.5, 0.6) is 0 Å². The lowest BCUT2D eigenvalue weighted by Crippen LogP contribution is -2.34. The van der Waals surface area contributed by atoms with E-state index in [0.717, 1.165) is 32.1 Å². The van der Waals surface area contributed by atoms with Gasteiger partial charge in [0, 0.05) is 19.3 Å². The fraction of sp³-hybridized carbons (Fsp3) is 0.636. The third-order valence-corrected chi connectivity index (χ3v) is 4.06. The summed E-state index contributed by atoms with van der Waals surface area (Å²) >= 11 is 1.50. The van der Waals surface area contributed by atoms with Crippen LogP contribution in [0.25, 0.3) is 0 Å². The minimum Gasteiger partial charge on any atom is -0.298 e. The summed E-state index contributed by atoms with van der Waals surface area (Å²) in [5.41, 5.74) is 0. The zero-order chi connectivity index (χ0) is 12.2. The maximum Gasteiger partial charge on any atom is 0.0692 e. The minimum atomic E-state index is 0.725. The van der Waals surface area contributed by atoms with E-state index in [4.69, 9.17) is 0 Å². The zero-order valence-electron chi connectivity index (χ0n) is 10.1. The van der Waals surface area contributed by atoms with Gasteiger partial charge in [-0.05, 0) is 43.4 Å². The molecule has 1 saturated heterocycles.